The number of hydrogen-bond donors (Lipinski definition) is 2. The quantitative estimate of drug-likeness (QED) is 0.833. The fourth-order valence-electron chi connectivity index (χ4n) is 3.00. The third-order valence-electron chi connectivity index (χ3n) is 4.38. The first-order valence-electron chi connectivity index (χ1n) is 6.94. The summed E-state index contributed by atoms with van der Waals surface area (Å²) in [4.78, 5) is 5.02. The summed E-state index contributed by atoms with van der Waals surface area (Å²) in [5.74, 6) is 2.27. The average molecular weight is 277 g/mol. The summed E-state index contributed by atoms with van der Waals surface area (Å²) in [5, 5.41) is 3.57. The van der Waals surface area contributed by atoms with Crippen LogP contribution in [0.3, 0.4) is 0 Å². The van der Waals surface area contributed by atoms with Gasteiger partial charge in [0.15, 0.2) is 0 Å². The van der Waals surface area contributed by atoms with Crippen molar-refractivity contribution in [2.45, 2.75) is 46.6 Å². The largest absolute Gasteiger partial charge is 0.389 e. The average Bonchev–Trinajstić information content (AvgIpc) is 2.59. The maximum atomic E-state index is 5.85. The highest BCUT2D eigenvalue weighted by atomic mass is 32.1. The first-order valence-corrected chi connectivity index (χ1v) is 7.35. The molecule has 1 fully saturated rings. The summed E-state index contributed by atoms with van der Waals surface area (Å²) in [6.07, 6.45) is 2.46. The highest BCUT2D eigenvalue weighted by Gasteiger charge is 2.30. The molecule has 1 saturated carbocycles. The predicted molar refractivity (Wildman–Crippen MR) is 84.6 cm³/mol. The van der Waals surface area contributed by atoms with Crippen molar-refractivity contribution in [3.8, 4) is 0 Å². The second kappa shape index (κ2) is 5.45. The zero-order valence-electron chi connectivity index (χ0n) is 12.2. The van der Waals surface area contributed by atoms with Gasteiger partial charge in [-0.1, -0.05) is 26.1 Å². The maximum absolute atomic E-state index is 5.85. The SMILES string of the molecule is Cc1cc(C)c(C(N)=S)c(NC2CCC(C)C2C)n1. The zero-order valence-corrected chi connectivity index (χ0v) is 13.0. The van der Waals surface area contributed by atoms with Gasteiger partial charge in [-0.3, -0.25) is 0 Å². The minimum absolute atomic E-state index is 0.422. The van der Waals surface area contributed by atoms with Crippen LogP contribution >= 0.6 is 12.2 Å². The second-order valence-electron chi connectivity index (χ2n) is 5.83. The van der Waals surface area contributed by atoms with E-state index in [9.17, 15) is 0 Å². The smallest absolute Gasteiger partial charge is 0.137 e. The van der Waals surface area contributed by atoms with Crippen LogP contribution in [0, 0.1) is 25.7 Å². The molecule has 3 unspecified atom stereocenters. The summed E-state index contributed by atoms with van der Waals surface area (Å²) in [7, 11) is 0. The Hall–Kier alpha value is -1.16. The maximum Gasteiger partial charge on any atom is 0.137 e. The summed E-state index contributed by atoms with van der Waals surface area (Å²) in [6, 6.07) is 2.50. The Labute approximate surface area is 121 Å². The van der Waals surface area contributed by atoms with Crippen molar-refractivity contribution < 1.29 is 0 Å². The first kappa shape index (κ1) is 14.3. The van der Waals surface area contributed by atoms with Crippen LogP contribution in [0.1, 0.15) is 43.5 Å². The second-order valence-corrected chi connectivity index (χ2v) is 6.27. The molecule has 0 amide bonds. The van der Waals surface area contributed by atoms with Crippen molar-refractivity contribution in [3.63, 3.8) is 0 Å². The van der Waals surface area contributed by atoms with Gasteiger partial charge in [-0.25, -0.2) is 4.98 Å². The summed E-state index contributed by atoms with van der Waals surface area (Å²) in [5.41, 5.74) is 8.85. The number of pyridine rings is 1. The van der Waals surface area contributed by atoms with Gasteiger partial charge in [0.2, 0.25) is 0 Å². The van der Waals surface area contributed by atoms with Crippen molar-refractivity contribution in [1.82, 2.24) is 4.98 Å². The van der Waals surface area contributed by atoms with E-state index >= 15 is 0 Å². The lowest BCUT2D eigenvalue weighted by molar-refractivity contribution is 0.435. The van der Waals surface area contributed by atoms with Crippen LogP contribution in [0.25, 0.3) is 0 Å². The minimum Gasteiger partial charge on any atom is -0.389 e. The van der Waals surface area contributed by atoms with E-state index in [0.29, 0.717) is 16.9 Å². The molecule has 1 aliphatic rings. The van der Waals surface area contributed by atoms with Crippen LogP contribution in [-0.4, -0.2) is 16.0 Å². The molecule has 104 valence electrons. The topological polar surface area (TPSA) is 50.9 Å². The van der Waals surface area contributed by atoms with Crippen molar-refractivity contribution in [2.24, 2.45) is 17.6 Å². The van der Waals surface area contributed by atoms with Crippen LogP contribution in [0.15, 0.2) is 6.07 Å². The number of nitrogens with one attached hydrogen (secondary N) is 1. The molecule has 0 aromatic carbocycles. The summed E-state index contributed by atoms with van der Waals surface area (Å²) < 4.78 is 0. The van der Waals surface area contributed by atoms with Crippen molar-refractivity contribution >= 4 is 23.0 Å². The molecule has 0 aliphatic heterocycles. The van der Waals surface area contributed by atoms with Crippen LogP contribution in [-0.2, 0) is 0 Å². The van der Waals surface area contributed by atoms with Crippen LogP contribution < -0.4 is 11.1 Å². The number of anilines is 1. The van der Waals surface area contributed by atoms with E-state index in [0.717, 1.165) is 28.6 Å². The van der Waals surface area contributed by atoms with E-state index in [2.05, 4.69) is 24.1 Å². The lowest BCUT2D eigenvalue weighted by Crippen LogP contribution is -2.27. The Bertz CT molecular complexity index is 498. The normalized spacial score (nSPS) is 26.4. The molecule has 2 rings (SSSR count). The molecular weight excluding hydrogens is 254 g/mol. The number of aromatic nitrogens is 1. The Morgan fingerprint density at radius 3 is 2.58 bits per heavy atom. The molecule has 1 aromatic heterocycles. The van der Waals surface area contributed by atoms with E-state index in [1.54, 1.807) is 0 Å². The number of rotatable bonds is 3. The molecule has 3 N–H and O–H groups in total. The van der Waals surface area contributed by atoms with E-state index in [1.807, 2.05) is 19.9 Å². The minimum atomic E-state index is 0.422. The third kappa shape index (κ3) is 2.89. The number of thiocarbonyl (C=S) groups is 1. The fourth-order valence-corrected chi connectivity index (χ4v) is 3.25. The van der Waals surface area contributed by atoms with Gasteiger partial charge >= 0.3 is 0 Å². The van der Waals surface area contributed by atoms with E-state index in [1.165, 1.54) is 12.8 Å². The van der Waals surface area contributed by atoms with Gasteiger partial charge in [0, 0.05) is 11.7 Å². The molecular formula is C15H23N3S. The fraction of sp³-hybridized carbons (Fsp3) is 0.600. The van der Waals surface area contributed by atoms with Gasteiger partial charge in [-0.15, -0.1) is 0 Å². The lowest BCUT2D eigenvalue weighted by Gasteiger charge is -2.22. The van der Waals surface area contributed by atoms with E-state index in [4.69, 9.17) is 18.0 Å². The standard InChI is InChI=1S/C15H23N3S/c1-8-5-6-12(11(8)4)18-15-13(14(16)19)9(2)7-10(3)17-15/h7-8,11-12H,5-6H2,1-4H3,(H2,16,19)(H,17,18). The Morgan fingerprint density at radius 1 is 1.37 bits per heavy atom. The molecule has 1 aromatic rings. The van der Waals surface area contributed by atoms with Gasteiger partial charge < -0.3 is 11.1 Å². The molecule has 19 heavy (non-hydrogen) atoms. The van der Waals surface area contributed by atoms with Crippen LogP contribution in [0.2, 0.25) is 0 Å². The first-order chi connectivity index (χ1) is 8.90. The van der Waals surface area contributed by atoms with Crippen molar-refractivity contribution in [1.29, 1.82) is 0 Å². The van der Waals surface area contributed by atoms with Gasteiger partial charge in [0.25, 0.3) is 0 Å². The molecule has 0 bridgehead atoms. The Kier molecular flexibility index (Phi) is 4.09. The predicted octanol–water partition coefficient (Wildman–Crippen LogP) is 3.18. The van der Waals surface area contributed by atoms with Gasteiger partial charge in [0.05, 0.1) is 5.56 Å². The number of nitrogens with two attached hydrogens (primary N) is 1. The van der Waals surface area contributed by atoms with Gasteiger partial charge in [-0.05, 0) is 50.2 Å². The number of aryl methyl sites for hydroxylation is 2. The zero-order chi connectivity index (χ0) is 14.2. The third-order valence-corrected chi connectivity index (χ3v) is 4.58. The highest BCUT2D eigenvalue weighted by molar-refractivity contribution is 7.80. The monoisotopic (exact) mass is 277 g/mol. The van der Waals surface area contributed by atoms with Crippen LogP contribution in [0.5, 0.6) is 0 Å². The van der Waals surface area contributed by atoms with Crippen molar-refractivity contribution in [3.05, 3.63) is 22.9 Å². The summed E-state index contributed by atoms with van der Waals surface area (Å²) in [6.45, 7) is 8.66. The van der Waals surface area contributed by atoms with E-state index < -0.39 is 0 Å². The molecule has 0 spiro atoms. The highest BCUT2D eigenvalue weighted by Crippen LogP contribution is 2.33. The van der Waals surface area contributed by atoms with E-state index in [-0.39, 0.29) is 0 Å². The van der Waals surface area contributed by atoms with Gasteiger partial charge in [0.1, 0.15) is 10.8 Å². The molecule has 1 aliphatic carbocycles. The molecule has 3 atom stereocenters. The number of nitrogens with zero attached hydrogens (tertiary/aromatic N) is 1. The summed E-state index contributed by atoms with van der Waals surface area (Å²) >= 11 is 5.17. The number of hydrogen-bond acceptors (Lipinski definition) is 3. The molecule has 4 heteroatoms. The van der Waals surface area contributed by atoms with Crippen molar-refractivity contribution in [2.75, 3.05) is 5.32 Å². The Balaban J connectivity index is 2.32. The lowest BCUT2D eigenvalue weighted by atomic mass is 9.97. The van der Waals surface area contributed by atoms with Crippen LogP contribution in [0.4, 0.5) is 5.82 Å². The molecule has 0 radical (unpaired) electrons. The Morgan fingerprint density at radius 2 is 2.05 bits per heavy atom. The molecule has 3 nitrogen and oxygen atoms in total. The van der Waals surface area contributed by atoms with Gasteiger partial charge in [-0.2, -0.15) is 0 Å². The molecule has 0 saturated heterocycles. The molecule has 1 heterocycles.